The quantitative estimate of drug-likeness (QED) is 0.433. The molecule has 0 aliphatic heterocycles. The van der Waals surface area contributed by atoms with E-state index in [1.165, 1.54) is 20.3 Å². The van der Waals surface area contributed by atoms with Crippen LogP contribution in [0.25, 0.3) is 0 Å². The number of hydrogen-bond donors (Lipinski definition) is 0. The maximum absolute atomic E-state index is 12.8. The molecule has 1 rings (SSSR count). The van der Waals surface area contributed by atoms with Gasteiger partial charge in [0.15, 0.2) is 12.0 Å². The average molecular weight is 245 g/mol. The van der Waals surface area contributed by atoms with Gasteiger partial charge >= 0.3 is 5.69 Å². The van der Waals surface area contributed by atoms with E-state index in [-0.39, 0.29) is 12.4 Å². The zero-order chi connectivity index (χ0) is 12.8. The van der Waals surface area contributed by atoms with Crippen LogP contribution in [-0.2, 0) is 9.47 Å². The monoisotopic (exact) mass is 245 g/mol. The average Bonchev–Trinajstić information content (AvgIpc) is 2.31. The Labute approximate surface area is 97.1 Å². The summed E-state index contributed by atoms with van der Waals surface area (Å²) in [7, 11) is 2.83. The Morgan fingerprint density at radius 2 is 2.06 bits per heavy atom. The Morgan fingerprint density at radius 1 is 1.41 bits per heavy atom. The highest BCUT2D eigenvalue weighted by atomic mass is 19.1. The molecule has 17 heavy (non-hydrogen) atoms. The lowest BCUT2D eigenvalue weighted by molar-refractivity contribution is -0.386. The molecule has 6 nitrogen and oxygen atoms in total. The second-order valence-electron chi connectivity index (χ2n) is 3.08. The van der Waals surface area contributed by atoms with Crippen molar-refractivity contribution in [3.8, 4) is 5.75 Å². The topological polar surface area (TPSA) is 70.8 Å². The van der Waals surface area contributed by atoms with Crippen LogP contribution < -0.4 is 4.74 Å². The second kappa shape index (κ2) is 6.12. The van der Waals surface area contributed by atoms with Gasteiger partial charge in [-0.1, -0.05) is 0 Å². The van der Waals surface area contributed by atoms with Gasteiger partial charge in [-0.3, -0.25) is 10.1 Å². The van der Waals surface area contributed by atoms with Crippen molar-refractivity contribution >= 4 is 5.69 Å². The van der Waals surface area contributed by atoms with E-state index < -0.39 is 22.7 Å². The molecule has 0 N–H and O–H groups in total. The lowest BCUT2D eigenvalue weighted by atomic mass is 10.3. The van der Waals surface area contributed by atoms with Crippen molar-refractivity contribution in [3.05, 3.63) is 34.1 Å². The predicted molar refractivity (Wildman–Crippen MR) is 56.4 cm³/mol. The summed E-state index contributed by atoms with van der Waals surface area (Å²) in [5, 5.41) is 10.7. The van der Waals surface area contributed by atoms with E-state index in [0.717, 1.165) is 12.1 Å². The molecule has 0 aliphatic rings. The Balaban J connectivity index is 2.80. The minimum absolute atomic E-state index is 0.0283. The fraction of sp³-hybridized carbons (Fsp3) is 0.400. The number of benzene rings is 1. The van der Waals surface area contributed by atoms with Crippen LogP contribution in [0.4, 0.5) is 10.1 Å². The number of hydrogen-bond acceptors (Lipinski definition) is 5. The molecule has 7 heteroatoms. The number of rotatable bonds is 6. The zero-order valence-corrected chi connectivity index (χ0v) is 9.38. The van der Waals surface area contributed by atoms with Gasteiger partial charge in [0, 0.05) is 14.2 Å². The van der Waals surface area contributed by atoms with Crippen molar-refractivity contribution in [3.63, 3.8) is 0 Å². The third-order valence-corrected chi connectivity index (χ3v) is 2.02. The molecule has 0 aromatic heterocycles. The molecule has 0 spiro atoms. The molecule has 0 unspecified atom stereocenters. The van der Waals surface area contributed by atoms with E-state index in [4.69, 9.17) is 14.2 Å². The zero-order valence-electron chi connectivity index (χ0n) is 9.38. The molecule has 94 valence electrons. The van der Waals surface area contributed by atoms with Crippen LogP contribution in [0.15, 0.2) is 18.2 Å². The molecule has 0 heterocycles. The minimum atomic E-state index is -0.715. The van der Waals surface area contributed by atoms with Gasteiger partial charge < -0.3 is 14.2 Å². The molecule has 0 aliphatic carbocycles. The summed E-state index contributed by atoms with van der Waals surface area (Å²) in [6.45, 7) is -0.0283. The largest absolute Gasteiger partial charge is 0.481 e. The summed E-state index contributed by atoms with van der Waals surface area (Å²) >= 11 is 0. The van der Waals surface area contributed by atoms with Gasteiger partial charge in [0.2, 0.25) is 0 Å². The SMILES string of the molecule is COC(COc1ccc(F)cc1[N+](=O)[O-])OC. The fourth-order valence-corrected chi connectivity index (χ4v) is 1.15. The highest BCUT2D eigenvalue weighted by Gasteiger charge is 2.17. The first-order valence-electron chi connectivity index (χ1n) is 4.70. The Hall–Kier alpha value is -1.73. The second-order valence-corrected chi connectivity index (χ2v) is 3.08. The van der Waals surface area contributed by atoms with Crippen LogP contribution in [0.2, 0.25) is 0 Å². The molecule has 1 aromatic carbocycles. The highest BCUT2D eigenvalue weighted by molar-refractivity contribution is 5.46. The summed E-state index contributed by atoms with van der Waals surface area (Å²) < 4.78 is 27.7. The lowest BCUT2D eigenvalue weighted by Gasteiger charge is -2.14. The summed E-state index contributed by atoms with van der Waals surface area (Å²) in [6.07, 6.45) is -0.639. The van der Waals surface area contributed by atoms with Gasteiger partial charge in [0.1, 0.15) is 12.4 Å². The van der Waals surface area contributed by atoms with Crippen LogP contribution in [0, 0.1) is 15.9 Å². The van der Waals surface area contributed by atoms with Crippen molar-refractivity contribution in [2.24, 2.45) is 0 Å². The first-order valence-corrected chi connectivity index (χ1v) is 4.70. The lowest BCUT2D eigenvalue weighted by Crippen LogP contribution is -2.22. The van der Waals surface area contributed by atoms with Crippen molar-refractivity contribution in [2.75, 3.05) is 20.8 Å². The predicted octanol–water partition coefficient (Wildman–Crippen LogP) is 1.73. The van der Waals surface area contributed by atoms with E-state index in [1.54, 1.807) is 0 Å². The van der Waals surface area contributed by atoms with Crippen LogP contribution in [0.3, 0.4) is 0 Å². The van der Waals surface area contributed by atoms with Crippen LogP contribution in [-0.4, -0.2) is 32.0 Å². The molecular weight excluding hydrogens is 233 g/mol. The molecule has 0 bridgehead atoms. The van der Waals surface area contributed by atoms with E-state index >= 15 is 0 Å². The number of halogens is 1. The van der Waals surface area contributed by atoms with Crippen LogP contribution >= 0.6 is 0 Å². The maximum atomic E-state index is 12.8. The van der Waals surface area contributed by atoms with E-state index in [2.05, 4.69) is 0 Å². The van der Waals surface area contributed by atoms with E-state index in [9.17, 15) is 14.5 Å². The summed E-state index contributed by atoms with van der Waals surface area (Å²) in [4.78, 5) is 9.94. The fourth-order valence-electron chi connectivity index (χ4n) is 1.15. The van der Waals surface area contributed by atoms with E-state index in [1.807, 2.05) is 0 Å². The molecule has 0 fully saturated rings. The molecule has 0 saturated heterocycles. The van der Waals surface area contributed by atoms with Gasteiger partial charge in [-0.05, 0) is 12.1 Å². The van der Waals surface area contributed by atoms with Gasteiger partial charge in [-0.25, -0.2) is 4.39 Å². The smallest absolute Gasteiger partial charge is 0.313 e. The molecule has 0 radical (unpaired) electrons. The van der Waals surface area contributed by atoms with Gasteiger partial charge in [-0.2, -0.15) is 0 Å². The van der Waals surface area contributed by atoms with Crippen molar-refractivity contribution in [1.82, 2.24) is 0 Å². The number of nitro benzene ring substituents is 1. The maximum Gasteiger partial charge on any atom is 0.313 e. The van der Waals surface area contributed by atoms with Crippen LogP contribution in [0.5, 0.6) is 5.75 Å². The molecule has 0 atom stereocenters. The normalized spacial score (nSPS) is 10.6. The Kier molecular flexibility index (Phi) is 4.80. The number of nitrogens with zero attached hydrogens (tertiary/aromatic N) is 1. The number of nitro groups is 1. The number of methoxy groups -OCH3 is 2. The van der Waals surface area contributed by atoms with Crippen LogP contribution in [0.1, 0.15) is 0 Å². The Morgan fingerprint density at radius 3 is 2.59 bits per heavy atom. The number of ether oxygens (including phenoxy) is 3. The minimum Gasteiger partial charge on any atom is -0.481 e. The molecule has 0 saturated carbocycles. The first-order chi connectivity index (χ1) is 8.08. The standard InChI is InChI=1S/C10H12FNO5/c1-15-10(16-2)6-17-9-4-3-7(11)5-8(9)12(13)14/h3-5,10H,6H2,1-2H3. The highest BCUT2D eigenvalue weighted by Crippen LogP contribution is 2.27. The van der Waals surface area contributed by atoms with Crippen molar-refractivity contribution in [2.45, 2.75) is 6.29 Å². The van der Waals surface area contributed by atoms with Crippen molar-refractivity contribution < 1.29 is 23.5 Å². The summed E-state index contributed by atoms with van der Waals surface area (Å²) in [5.41, 5.74) is -0.434. The van der Waals surface area contributed by atoms with Crippen molar-refractivity contribution in [1.29, 1.82) is 0 Å². The molecular formula is C10H12FNO5. The third-order valence-electron chi connectivity index (χ3n) is 2.02. The first kappa shape index (κ1) is 13.3. The Bertz CT molecular complexity index is 394. The summed E-state index contributed by atoms with van der Waals surface area (Å²) in [6, 6.07) is 3.07. The van der Waals surface area contributed by atoms with Gasteiger partial charge in [0.05, 0.1) is 11.0 Å². The molecule has 0 amide bonds. The van der Waals surface area contributed by atoms with Gasteiger partial charge in [-0.15, -0.1) is 0 Å². The van der Waals surface area contributed by atoms with E-state index in [0.29, 0.717) is 0 Å². The summed E-state index contributed by atoms with van der Waals surface area (Å²) in [5.74, 6) is -0.727. The molecule has 1 aromatic rings. The third kappa shape index (κ3) is 3.65. The van der Waals surface area contributed by atoms with Gasteiger partial charge in [0.25, 0.3) is 0 Å².